The van der Waals surface area contributed by atoms with E-state index in [1.165, 1.54) is 0 Å². The van der Waals surface area contributed by atoms with Gasteiger partial charge < -0.3 is 10.2 Å². The lowest BCUT2D eigenvalue weighted by atomic mass is 10.2. The van der Waals surface area contributed by atoms with Gasteiger partial charge in [0.05, 0.1) is 0 Å². The van der Waals surface area contributed by atoms with Crippen molar-refractivity contribution in [1.29, 1.82) is 0 Å². The molecule has 4 nitrogen and oxygen atoms in total. The second-order valence-electron chi connectivity index (χ2n) is 9.63. The molecular formula is C39H58O4. The third kappa shape index (κ3) is 45.6. The predicted octanol–water partition coefficient (Wildman–Crippen LogP) is 11.6. The zero-order chi connectivity index (χ0) is 31.9. The van der Waals surface area contributed by atoms with Crippen LogP contribution < -0.4 is 0 Å². The van der Waals surface area contributed by atoms with Gasteiger partial charge in [-0.3, -0.25) is 9.59 Å². The summed E-state index contributed by atoms with van der Waals surface area (Å²) in [7, 11) is 0. The molecule has 0 unspecified atom stereocenters. The highest BCUT2D eigenvalue weighted by Gasteiger charge is 1.92. The molecule has 0 fully saturated rings. The van der Waals surface area contributed by atoms with Crippen molar-refractivity contribution in [2.75, 3.05) is 0 Å². The molecule has 0 spiro atoms. The Hall–Kier alpha value is -3.66. The largest absolute Gasteiger partial charge is 0.481 e. The number of aliphatic carboxylic acids is 2. The first-order chi connectivity index (χ1) is 21.0. The van der Waals surface area contributed by atoms with Gasteiger partial charge in [-0.2, -0.15) is 0 Å². The second-order valence-corrected chi connectivity index (χ2v) is 9.63. The average Bonchev–Trinajstić information content (AvgIpc) is 2.98. The van der Waals surface area contributed by atoms with Crippen molar-refractivity contribution in [2.45, 2.75) is 110 Å². The van der Waals surface area contributed by atoms with Crippen molar-refractivity contribution in [2.24, 2.45) is 0 Å². The van der Waals surface area contributed by atoms with Gasteiger partial charge in [0.15, 0.2) is 0 Å². The number of carboxylic acid groups (broad SMARTS) is 2. The molecule has 0 saturated heterocycles. The third-order valence-corrected chi connectivity index (χ3v) is 5.60. The molecular weight excluding hydrogens is 532 g/mol. The van der Waals surface area contributed by atoms with Gasteiger partial charge in [0.2, 0.25) is 0 Å². The summed E-state index contributed by atoms with van der Waals surface area (Å²) in [5.41, 5.74) is 0. The van der Waals surface area contributed by atoms with Crippen LogP contribution in [0.2, 0.25) is 0 Å². The summed E-state index contributed by atoms with van der Waals surface area (Å²) < 4.78 is 0. The van der Waals surface area contributed by atoms with Gasteiger partial charge in [-0.25, -0.2) is 0 Å². The van der Waals surface area contributed by atoms with Crippen molar-refractivity contribution in [3.05, 3.63) is 122 Å². The molecule has 0 aromatic heterocycles. The molecule has 0 aliphatic carbocycles. The minimum atomic E-state index is -0.740. The molecule has 0 amide bonds. The van der Waals surface area contributed by atoms with E-state index in [9.17, 15) is 9.59 Å². The van der Waals surface area contributed by atoms with Crippen LogP contribution in [-0.2, 0) is 9.59 Å². The Morgan fingerprint density at radius 1 is 0.372 bits per heavy atom. The molecule has 0 aliphatic rings. The number of carbonyl (C=O) groups is 2. The lowest BCUT2D eigenvalue weighted by Gasteiger charge is -1.89. The first-order valence-corrected chi connectivity index (χ1v) is 16.0. The number of carboxylic acids is 2. The molecule has 0 heterocycles. The second kappa shape index (κ2) is 38.3. The van der Waals surface area contributed by atoms with Crippen molar-refractivity contribution in [3.63, 3.8) is 0 Å². The highest BCUT2D eigenvalue weighted by molar-refractivity contribution is 5.67. The van der Waals surface area contributed by atoms with Gasteiger partial charge in [-0.05, 0) is 83.5 Å². The maximum absolute atomic E-state index is 10.3. The first-order valence-electron chi connectivity index (χ1n) is 16.0. The van der Waals surface area contributed by atoms with Crippen LogP contribution in [0.4, 0.5) is 0 Å². The zero-order valence-corrected chi connectivity index (χ0v) is 26.9. The molecule has 238 valence electrons. The summed E-state index contributed by atoms with van der Waals surface area (Å²) in [6, 6.07) is 0. The van der Waals surface area contributed by atoms with Crippen LogP contribution in [0.3, 0.4) is 0 Å². The van der Waals surface area contributed by atoms with Crippen LogP contribution in [-0.4, -0.2) is 22.2 Å². The van der Waals surface area contributed by atoms with E-state index < -0.39 is 11.9 Å². The maximum Gasteiger partial charge on any atom is 0.303 e. The van der Waals surface area contributed by atoms with Crippen molar-refractivity contribution < 1.29 is 19.8 Å². The summed E-state index contributed by atoms with van der Waals surface area (Å²) in [6.45, 7) is 4.29. The summed E-state index contributed by atoms with van der Waals surface area (Å²) in [5.74, 6) is -1.46. The fourth-order valence-electron chi connectivity index (χ4n) is 3.32. The van der Waals surface area contributed by atoms with Gasteiger partial charge in [0.25, 0.3) is 0 Å². The number of unbranched alkanes of at least 4 members (excludes halogenated alkanes) is 1. The fourth-order valence-corrected chi connectivity index (χ4v) is 3.32. The van der Waals surface area contributed by atoms with E-state index in [0.29, 0.717) is 6.42 Å². The molecule has 0 aromatic carbocycles. The number of rotatable bonds is 25. The minimum Gasteiger partial charge on any atom is -0.481 e. The summed E-state index contributed by atoms with van der Waals surface area (Å²) >= 11 is 0. The highest BCUT2D eigenvalue weighted by atomic mass is 16.4. The highest BCUT2D eigenvalue weighted by Crippen LogP contribution is 2.00. The molecule has 0 bridgehead atoms. The van der Waals surface area contributed by atoms with Crippen LogP contribution in [0.1, 0.15) is 110 Å². The molecule has 43 heavy (non-hydrogen) atoms. The topological polar surface area (TPSA) is 74.6 Å². The van der Waals surface area contributed by atoms with Crippen LogP contribution >= 0.6 is 0 Å². The third-order valence-electron chi connectivity index (χ3n) is 5.60. The van der Waals surface area contributed by atoms with Gasteiger partial charge in [-0.1, -0.05) is 135 Å². The van der Waals surface area contributed by atoms with Gasteiger partial charge in [0, 0.05) is 12.8 Å². The average molecular weight is 591 g/mol. The monoisotopic (exact) mass is 590 g/mol. The Balaban J connectivity index is 0. The predicted molar refractivity (Wildman–Crippen MR) is 187 cm³/mol. The fraction of sp³-hybridized carbons (Fsp3) is 0.436. The zero-order valence-electron chi connectivity index (χ0n) is 26.9. The Morgan fingerprint density at radius 2 is 0.628 bits per heavy atom. The molecule has 0 aliphatic heterocycles. The summed E-state index contributed by atoms with van der Waals surface area (Å²) in [5, 5.41) is 17.0. The molecule has 0 aromatic rings. The molecule has 0 atom stereocenters. The Bertz CT molecular complexity index is 936. The lowest BCUT2D eigenvalue weighted by Crippen LogP contribution is -1.92. The summed E-state index contributed by atoms with van der Waals surface area (Å²) in [6.07, 6.45) is 55.5. The normalized spacial score (nSPS) is 12.8. The van der Waals surface area contributed by atoms with Gasteiger partial charge in [0.1, 0.15) is 0 Å². The SMILES string of the molecule is CC/C=C\C/C=C\C/C=C\C/C=C\C/C=C\CCC(=O)O.CC/C=C\C/C=C\C/C=C\C/C=C\C/C=C\CCCC(=O)O. The maximum atomic E-state index is 10.3. The van der Waals surface area contributed by atoms with Crippen LogP contribution in [0.5, 0.6) is 0 Å². The number of allylic oxidation sites excluding steroid dienone is 20. The van der Waals surface area contributed by atoms with Crippen molar-refractivity contribution >= 4 is 11.9 Å². The summed E-state index contributed by atoms with van der Waals surface area (Å²) in [4.78, 5) is 20.6. The lowest BCUT2D eigenvalue weighted by molar-refractivity contribution is -0.138. The van der Waals surface area contributed by atoms with Gasteiger partial charge >= 0.3 is 11.9 Å². The molecule has 0 radical (unpaired) electrons. The molecule has 4 heteroatoms. The number of hydrogen-bond acceptors (Lipinski definition) is 2. The molecule has 0 saturated carbocycles. The van der Waals surface area contributed by atoms with E-state index in [1.807, 2.05) is 12.2 Å². The van der Waals surface area contributed by atoms with Crippen molar-refractivity contribution in [1.82, 2.24) is 0 Å². The van der Waals surface area contributed by atoms with E-state index in [4.69, 9.17) is 10.2 Å². The van der Waals surface area contributed by atoms with E-state index in [2.05, 4.69) is 123 Å². The van der Waals surface area contributed by atoms with Crippen molar-refractivity contribution in [3.8, 4) is 0 Å². The number of hydrogen-bond donors (Lipinski definition) is 2. The smallest absolute Gasteiger partial charge is 0.303 e. The van der Waals surface area contributed by atoms with E-state index in [0.717, 1.165) is 77.0 Å². The minimum absolute atomic E-state index is 0.213. The van der Waals surface area contributed by atoms with E-state index >= 15 is 0 Å². The standard InChI is InChI=1S/C20H30O2.C19H28O2/c1-2-3-4-5-6-7-8-9-10-11-12-13-14-15-16-17-18-19-20(21)22;1-2-3-4-5-6-7-8-9-10-11-12-13-14-15-16-17-18-19(20)21/h3-4,6-7,9-10,12-13,15-16H,2,5,8,11,14,17-19H2,1H3,(H,21,22);3-4,6-7,9-10,12-13,15-16H,2,5,8,11,14,17-18H2,1H3,(H,20,21)/b2*4-3-,7-6-,10-9-,13-12-,16-15-. The first kappa shape index (κ1) is 41.5. The van der Waals surface area contributed by atoms with Crippen LogP contribution in [0.15, 0.2) is 122 Å². The molecule has 0 rings (SSSR count). The van der Waals surface area contributed by atoms with E-state index in [-0.39, 0.29) is 12.8 Å². The Morgan fingerprint density at radius 3 is 0.907 bits per heavy atom. The Kier molecular flexibility index (Phi) is 37.0. The Labute approximate surface area is 263 Å². The van der Waals surface area contributed by atoms with Gasteiger partial charge in [-0.15, -0.1) is 0 Å². The van der Waals surface area contributed by atoms with Crippen LogP contribution in [0, 0.1) is 0 Å². The van der Waals surface area contributed by atoms with Crippen LogP contribution in [0.25, 0.3) is 0 Å². The van der Waals surface area contributed by atoms with E-state index in [1.54, 1.807) is 0 Å². The molecule has 2 N–H and O–H groups in total. The quantitative estimate of drug-likeness (QED) is 0.0819.